The van der Waals surface area contributed by atoms with Gasteiger partial charge >= 0.3 is 0 Å². The fourth-order valence-electron chi connectivity index (χ4n) is 1.74. The van der Waals surface area contributed by atoms with Gasteiger partial charge in [0.1, 0.15) is 6.61 Å². The normalized spacial score (nSPS) is 11.4. The summed E-state index contributed by atoms with van der Waals surface area (Å²) in [5.41, 5.74) is 1.11. The highest BCUT2D eigenvalue weighted by Crippen LogP contribution is 2.28. The van der Waals surface area contributed by atoms with Crippen LogP contribution in [0.4, 0.5) is 0 Å². The van der Waals surface area contributed by atoms with Crippen LogP contribution in [0.15, 0.2) is 18.2 Å². The number of rotatable bonds is 10. The minimum atomic E-state index is -3.01. The molecule has 1 N–H and O–H groups in total. The SMILES string of the molecule is CCNCc1ccc(OCCS(=O)(=O)CC)c(OCC)c1. The molecule has 0 heterocycles. The van der Waals surface area contributed by atoms with Crippen LogP contribution in [0.25, 0.3) is 0 Å². The molecule has 0 saturated heterocycles. The Bertz CT molecular complexity index is 528. The second-order valence-electron chi connectivity index (χ2n) is 4.58. The molecule has 6 heteroatoms. The average molecular weight is 315 g/mol. The molecule has 5 nitrogen and oxygen atoms in total. The predicted octanol–water partition coefficient (Wildman–Crippen LogP) is 2.01. The Morgan fingerprint density at radius 1 is 1.10 bits per heavy atom. The van der Waals surface area contributed by atoms with Crippen molar-refractivity contribution in [2.75, 3.05) is 31.3 Å². The van der Waals surface area contributed by atoms with Crippen LogP contribution in [-0.4, -0.2) is 39.7 Å². The maximum atomic E-state index is 11.5. The van der Waals surface area contributed by atoms with Gasteiger partial charge in [-0.25, -0.2) is 8.42 Å². The summed E-state index contributed by atoms with van der Waals surface area (Å²) in [7, 11) is -3.01. The van der Waals surface area contributed by atoms with Gasteiger partial charge in [0.15, 0.2) is 21.3 Å². The summed E-state index contributed by atoms with van der Waals surface area (Å²) < 4.78 is 34.0. The second-order valence-corrected chi connectivity index (χ2v) is 7.05. The van der Waals surface area contributed by atoms with Crippen molar-refractivity contribution < 1.29 is 17.9 Å². The van der Waals surface area contributed by atoms with Gasteiger partial charge in [-0.05, 0) is 31.2 Å². The summed E-state index contributed by atoms with van der Waals surface area (Å²) in [5, 5.41) is 3.25. The molecular formula is C15H25NO4S. The van der Waals surface area contributed by atoms with Gasteiger partial charge in [-0.3, -0.25) is 0 Å². The molecule has 0 unspecified atom stereocenters. The Kier molecular flexibility index (Phi) is 7.53. The summed E-state index contributed by atoms with van der Waals surface area (Å²) in [6.45, 7) is 7.93. The first-order valence-corrected chi connectivity index (χ1v) is 9.14. The van der Waals surface area contributed by atoms with E-state index in [0.29, 0.717) is 18.1 Å². The number of ether oxygens (including phenoxy) is 2. The third kappa shape index (κ3) is 6.35. The van der Waals surface area contributed by atoms with Gasteiger partial charge < -0.3 is 14.8 Å². The quantitative estimate of drug-likeness (QED) is 0.715. The molecule has 0 atom stereocenters. The molecule has 0 aliphatic heterocycles. The molecule has 1 aromatic carbocycles. The Hall–Kier alpha value is -1.27. The first kappa shape index (κ1) is 17.8. The second kappa shape index (κ2) is 8.89. The molecule has 21 heavy (non-hydrogen) atoms. The van der Waals surface area contributed by atoms with Gasteiger partial charge in [0.25, 0.3) is 0 Å². The number of hydrogen-bond donors (Lipinski definition) is 1. The first-order valence-electron chi connectivity index (χ1n) is 7.32. The number of benzene rings is 1. The smallest absolute Gasteiger partial charge is 0.161 e. The molecule has 0 bridgehead atoms. The lowest BCUT2D eigenvalue weighted by Gasteiger charge is -2.13. The standard InChI is InChI=1S/C15H25NO4S/c1-4-16-12-13-7-8-14(15(11-13)19-5-2)20-9-10-21(17,18)6-3/h7-8,11,16H,4-6,9-10,12H2,1-3H3. The molecule has 0 saturated carbocycles. The van der Waals surface area contributed by atoms with E-state index in [-0.39, 0.29) is 18.1 Å². The van der Waals surface area contributed by atoms with E-state index in [2.05, 4.69) is 12.2 Å². The molecule has 1 rings (SSSR count). The van der Waals surface area contributed by atoms with E-state index in [0.717, 1.165) is 18.7 Å². The molecule has 0 radical (unpaired) electrons. The number of sulfone groups is 1. The monoisotopic (exact) mass is 315 g/mol. The van der Waals surface area contributed by atoms with Crippen LogP contribution in [0.1, 0.15) is 26.3 Å². The lowest BCUT2D eigenvalue weighted by atomic mass is 10.2. The van der Waals surface area contributed by atoms with E-state index in [9.17, 15) is 8.42 Å². The van der Waals surface area contributed by atoms with Crippen molar-refractivity contribution in [3.8, 4) is 11.5 Å². The topological polar surface area (TPSA) is 64.6 Å². The van der Waals surface area contributed by atoms with E-state index >= 15 is 0 Å². The van der Waals surface area contributed by atoms with E-state index in [4.69, 9.17) is 9.47 Å². The molecule has 0 aromatic heterocycles. The number of hydrogen-bond acceptors (Lipinski definition) is 5. The summed E-state index contributed by atoms with van der Waals surface area (Å²) >= 11 is 0. The zero-order chi connectivity index (χ0) is 15.7. The zero-order valence-electron chi connectivity index (χ0n) is 13.0. The minimum Gasteiger partial charge on any atom is -0.490 e. The van der Waals surface area contributed by atoms with Crippen molar-refractivity contribution in [2.24, 2.45) is 0 Å². The van der Waals surface area contributed by atoms with Crippen molar-refractivity contribution >= 4 is 9.84 Å². The maximum absolute atomic E-state index is 11.5. The maximum Gasteiger partial charge on any atom is 0.161 e. The highest BCUT2D eigenvalue weighted by molar-refractivity contribution is 7.91. The van der Waals surface area contributed by atoms with Crippen LogP contribution >= 0.6 is 0 Å². The van der Waals surface area contributed by atoms with Crippen LogP contribution in [0.5, 0.6) is 11.5 Å². The van der Waals surface area contributed by atoms with Crippen molar-refractivity contribution in [3.63, 3.8) is 0 Å². The van der Waals surface area contributed by atoms with Crippen molar-refractivity contribution in [2.45, 2.75) is 27.3 Å². The summed E-state index contributed by atoms with van der Waals surface area (Å²) in [6.07, 6.45) is 0. The highest BCUT2D eigenvalue weighted by atomic mass is 32.2. The van der Waals surface area contributed by atoms with E-state index in [1.165, 1.54) is 0 Å². The molecule has 0 amide bonds. The molecule has 0 fully saturated rings. The average Bonchev–Trinajstić information content (AvgIpc) is 2.47. The first-order chi connectivity index (χ1) is 10.0. The third-order valence-electron chi connectivity index (χ3n) is 2.98. The molecule has 120 valence electrons. The van der Waals surface area contributed by atoms with Crippen molar-refractivity contribution in [1.82, 2.24) is 5.32 Å². The van der Waals surface area contributed by atoms with E-state index in [1.807, 2.05) is 25.1 Å². The Morgan fingerprint density at radius 3 is 2.48 bits per heavy atom. The van der Waals surface area contributed by atoms with Crippen LogP contribution in [-0.2, 0) is 16.4 Å². The Labute approximate surface area is 127 Å². The molecule has 1 aromatic rings. The fourth-order valence-corrected chi connectivity index (χ4v) is 2.37. The van der Waals surface area contributed by atoms with Gasteiger partial charge in [0, 0.05) is 12.3 Å². The van der Waals surface area contributed by atoms with E-state index < -0.39 is 9.84 Å². The summed E-state index contributed by atoms with van der Waals surface area (Å²) in [4.78, 5) is 0. The molecule has 0 aliphatic carbocycles. The summed E-state index contributed by atoms with van der Waals surface area (Å²) in [6, 6.07) is 5.71. The minimum absolute atomic E-state index is 0.0220. The lowest BCUT2D eigenvalue weighted by molar-refractivity contribution is 0.288. The third-order valence-corrected chi connectivity index (χ3v) is 4.65. The van der Waals surface area contributed by atoms with Gasteiger partial charge in [-0.1, -0.05) is 19.9 Å². The van der Waals surface area contributed by atoms with Crippen LogP contribution < -0.4 is 14.8 Å². The summed E-state index contributed by atoms with van der Waals surface area (Å²) in [5.74, 6) is 1.40. The fraction of sp³-hybridized carbons (Fsp3) is 0.600. The van der Waals surface area contributed by atoms with Gasteiger partial charge in [0.05, 0.1) is 12.4 Å². The van der Waals surface area contributed by atoms with Crippen LogP contribution in [0, 0.1) is 0 Å². The van der Waals surface area contributed by atoms with Crippen molar-refractivity contribution in [1.29, 1.82) is 0 Å². The Morgan fingerprint density at radius 2 is 1.86 bits per heavy atom. The molecule has 0 spiro atoms. The van der Waals surface area contributed by atoms with Gasteiger partial charge in [-0.15, -0.1) is 0 Å². The molecule has 0 aliphatic rings. The van der Waals surface area contributed by atoms with Crippen LogP contribution in [0.3, 0.4) is 0 Å². The molecular weight excluding hydrogens is 290 g/mol. The largest absolute Gasteiger partial charge is 0.490 e. The highest BCUT2D eigenvalue weighted by Gasteiger charge is 2.10. The number of nitrogens with one attached hydrogen (secondary N) is 1. The van der Waals surface area contributed by atoms with Gasteiger partial charge in [-0.2, -0.15) is 0 Å². The van der Waals surface area contributed by atoms with E-state index in [1.54, 1.807) is 6.92 Å². The lowest BCUT2D eigenvalue weighted by Crippen LogP contribution is -2.16. The van der Waals surface area contributed by atoms with Crippen LogP contribution in [0.2, 0.25) is 0 Å². The zero-order valence-corrected chi connectivity index (χ0v) is 13.8. The predicted molar refractivity (Wildman–Crippen MR) is 84.8 cm³/mol. The Balaban J connectivity index is 2.71. The van der Waals surface area contributed by atoms with Gasteiger partial charge in [0.2, 0.25) is 0 Å². The van der Waals surface area contributed by atoms with Crippen molar-refractivity contribution in [3.05, 3.63) is 23.8 Å².